The van der Waals surface area contributed by atoms with Crippen molar-refractivity contribution >= 4 is 0 Å². The molecule has 0 aliphatic carbocycles. The molecule has 2 unspecified atom stereocenters. The van der Waals surface area contributed by atoms with E-state index < -0.39 is 0 Å². The highest BCUT2D eigenvalue weighted by molar-refractivity contribution is 5.46. The maximum absolute atomic E-state index is 6.29. The van der Waals surface area contributed by atoms with Crippen LogP contribution in [0, 0.1) is 0 Å². The first-order valence-corrected chi connectivity index (χ1v) is 6.34. The Hall–Kier alpha value is -1.26. The summed E-state index contributed by atoms with van der Waals surface area (Å²) in [6, 6.07) is 5.60. The van der Waals surface area contributed by atoms with Crippen LogP contribution >= 0.6 is 0 Å². The molecule has 100 valence electrons. The fourth-order valence-corrected chi connectivity index (χ4v) is 2.48. The largest absolute Gasteiger partial charge is 0.496 e. The Morgan fingerprint density at radius 1 is 1.33 bits per heavy atom. The van der Waals surface area contributed by atoms with Crippen molar-refractivity contribution in [2.45, 2.75) is 31.4 Å². The fourth-order valence-electron chi connectivity index (χ4n) is 2.48. The van der Waals surface area contributed by atoms with Gasteiger partial charge in [0.15, 0.2) is 0 Å². The SMILES string of the molecule is COc1cccc(OC)c1C(N)CC1CCCO1. The van der Waals surface area contributed by atoms with E-state index in [0.717, 1.165) is 42.9 Å². The lowest BCUT2D eigenvalue weighted by Gasteiger charge is -2.21. The van der Waals surface area contributed by atoms with Crippen LogP contribution in [0.3, 0.4) is 0 Å². The van der Waals surface area contributed by atoms with Gasteiger partial charge in [0.05, 0.1) is 25.9 Å². The van der Waals surface area contributed by atoms with E-state index in [9.17, 15) is 0 Å². The highest BCUT2D eigenvalue weighted by Gasteiger charge is 2.23. The number of methoxy groups -OCH3 is 2. The molecule has 1 aliphatic heterocycles. The molecule has 4 nitrogen and oxygen atoms in total. The van der Waals surface area contributed by atoms with Crippen molar-refractivity contribution in [1.82, 2.24) is 0 Å². The number of nitrogens with two attached hydrogens (primary N) is 1. The maximum atomic E-state index is 6.29. The number of hydrogen-bond donors (Lipinski definition) is 1. The molecule has 18 heavy (non-hydrogen) atoms. The van der Waals surface area contributed by atoms with Crippen LogP contribution in [0.15, 0.2) is 18.2 Å². The van der Waals surface area contributed by atoms with E-state index in [1.54, 1.807) is 14.2 Å². The Kier molecular flexibility index (Phi) is 4.44. The van der Waals surface area contributed by atoms with Gasteiger partial charge in [0.1, 0.15) is 11.5 Å². The zero-order valence-corrected chi connectivity index (χ0v) is 11.0. The molecule has 2 N–H and O–H groups in total. The van der Waals surface area contributed by atoms with E-state index in [0.29, 0.717) is 0 Å². The molecular weight excluding hydrogens is 230 g/mol. The molecule has 0 aromatic heterocycles. The lowest BCUT2D eigenvalue weighted by atomic mass is 9.98. The summed E-state index contributed by atoms with van der Waals surface area (Å²) >= 11 is 0. The standard InChI is InChI=1S/C14H21NO3/c1-16-12-6-3-7-13(17-2)14(12)11(15)9-10-5-4-8-18-10/h3,6-7,10-11H,4-5,8-9,15H2,1-2H3. The number of ether oxygens (including phenoxy) is 3. The lowest BCUT2D eigenvalue weighted by Crippen LogP contribution is -2.19. The molecular formula is C14H21NO3. The van der Waals surface area contributed by atoms with Crippen LogP contribution in [0.2, 0.25) is 0 Å². The van der Waals surface area contributed by atoms with Gasteiger partial charge >= 0.3 is 0 Å². The second-order valence-corrected chi connectivity index (χ2v) is 4.55. The summed E-state index contributed by atoms with van der Waals surface area (Å²) in [6.45, 7) is 0.848. The van der Waals surface area contributed by atoms with E-state index in [2.05, 4.69) is 0 Å². The summed E-state index contributed by atoms with van der Waals surface area (Å²) in [5.41, 5.74) is 7.22. The van der Waals surface area contributed by atoms with Crippen molar-refractivity contribution in [3.05, 3.63) is 23.8 Å². The maximum Gasteiger partial charge on any atom is 0.127 e. The van der Waals surface area contributed by atoms with E-state index >= 15 is 0 Å². The molecule has 0 bridgehead atoms. The van der Waals surface area contributed by atoms with Crippen LogP contribution in [-0.4, -0.2) is 26.9 Å². The molecule has 1 fully saturated rings. The van der Waals surface area contributed by atoms with Crippen molar-refractivity contribution in [1.29, 1.82) is 0 Å². The van der Waals surface area contributed by atoms with Crippen molar-refractivity contribution in [2.75, 3.05) is 20.8 Å². The molecule has 0 radical (unpaired) electrons. The van der Waals surface area contributed by atoms with Gasteiger partial charge in [0.2, 0.25) is 0 Å². The zero-order valence-electron chi connectivity index (χ0n) is 11.0. The van der Waals surface area contributed by atoms with E-state index in [1.165, 1.54) is 0 Å². The average molecular weight is 251 g/mol. The Morgan fingerprint density at radius 3 is 2.50 bits per heavy atom. The topological polar surface area (TPSA) is 53.7 Å². The summed E-state index contributed by atoms with van der Waals surface area (Å²) in [5.74, 6) is 1.56. The quantitative estimate of drug-likeness (QED) is 0.872. The van der Waals surface area contributed by atoms with Crippen molar-refractivity contribution in [3.63, 3.8) is 0 Å². The number of benzene rings is 1. The Morgan fingerprint density at radius 2 is 2.00 bits per heavy atom. The van der Waals surface area contributed by atoms with Crippen molar-refractivity contribution < 1.29 is 14.2 Å². The van der Waals surface area contributed by atoms with Gasteiger partial charge in [-0.05, 0) is 31.4 Å². The van der Waals surface area contributed by atoms with Gasteiger partial charge in [-0.1, -0.05) is 6.07 Å². The van der Waals surface area contributed by atoms with E-state index in [4.69, 9.17) is 19.9 Å². The molecule has 1 heterocycles. The second-order valence-electron chi connectivity index (χ2n) is 4.55. The Balaban J connectivity index is 2.18. The minimum absolute atomic E-state index is 0.126. The molecule has 0 spiro atoms. The minimum Gasteiger partial charge on any atom is -0.496 e. The molecule has 4 heteroatoms. The van der Waals surface area contributed by atoms with Crippen LogP contribution < -0.4 is 15.2 Å². The number of rotatable bonds is 5. The first-order chi connectivity index (χ1) is 8.76. The van der Waals surface area contributed by atoms with Gasteiger partial charge in [-0.2, -0.15) is 0 Å². The first kappa shape index (κ1) is 13.2. The van der Waals surface area contributed by atoms with Gasteiger partial charge in [0.25, 0.3) is 0 Å². The monoisotopic (exact) mass is 251 g/mol. The third-order valence-electron chi connectivity index (χ3n) is 3.38. The van der Waals surface area contributed by atoms with Gasteiger partial charge in [-0.25, -0.2) is 0 Å². The van der Waals surface area contributed by atoms with Crippen LogP contribution in [0.4, 0.5) is 0 Å². The molecule has 1 saturated heterocycles. The van der Waals surface area contributed by atoms with E-state index in [1.807, 2.05) is 18.2 Å². The summed E-state index contributed by atoms with van der Waals surface area (Å²) in [6.07, 6.45) is 3.28. The highest BCUT2D eigenvalue weighted by atomic mass is 16.5. The molecule has 2 atom stereocenters. The molecule has 1 aromatic carbocycles. The lowest BCUT2D eigenvalue weighted by molar-refractivity contribution is 0.0979. The van der Waals surface area contributed by atoms with Gasteiger partial charge in [-0.3, -0.25) is 0 Å². The molecule has 0 amide bonds. The number of hydrogen-bond acceptors (Lipinski definition) is 4. The van der Waals surface area contributed by atoms with Crippen molar-refractivity contribution in [3.8, 4) is 11.5 Å². The average Bonchev–Trinajstić information content (AvgIpc) is 2.90. The van der Waals surface area contributed by atoms with E-state index in [-0.39, 0.29) is 12.1 Å². The third-order valence-corrected chi connectivity index (χ3v) is 3.38. The van der Waals surface area contributed by atoms with Gasteiger partial charge < -0.3 is 19.9 Å². The van der Waals surface area contributed by atoms with Crippen molar-refractivity contribution in [2.24, 2.45) is 5.73 Å². The summed E-state index contributed by atoms with van der Waals surface area (Å²) in [4.78, 5) is 0. The fraction of sp³-hybridized carbons (Fsp3) is 0.571. The summed E-state index contributed by atoms with van der Waals surface area (Å²) in [7, 11) is 3.30. The predicted octanol–water partition coefficient (Wildman–Crippen LogP) is 2.27. The van der Waals surface area contributed by atoms with Crippen LogP contribution in [0.25, 0.3) is 0 Å². The summed E-state index contributed by atoms with van der Waals surface area (Å²) < 4.78 is 16.4. The third kappa shape index (κ3) is 2.76. The smallest absolute Gasteiger partial charge is 0.127 e. The van der Waals surface area contributed by atoms with Gasteiger partial charge in [-0.15, -0.1) is 0 Å². The predicted molar refractivity (Wildman–Crippen MR) is 70.1 cm³/mol. The molecule has 0 saturated carbocycles. The second kappa shape index (κ2) is 6.07. The Bertz CT molecular complexity index is 366. The summed E-state index contributed by atoms with van der Waals surface area (Å²) in [5, 5.41) is 0. The highest BCUT2D eigenvalue weighted by Crippen LogP contribution is 2.36. The minimum atomic E-state index is -0.126. The van der Waals surface area contributed by atoms with Crippen LogP contribution in [0.1, 0.15) is 30.9 Å². The Labute approximate surface area is 108 Å². The first-order valence-electron chi connectivity index (χ1n) is 6.34. The molecule has 2 rings (SSSR count). The normalized spacial score (nSPS) is 20.7. The van der Waals surface area contributed by atoms with Crippen LogP contribution in [-0.2, 0) is 4.74 Å². The molecule has 1 aliphatic rings. The zero-order chi connectivity index (χ0) is 13.0. The van der Waals surface area contributed by atoms with Gasteiger partial charge in [0, 0.05) is 12.6 Å². The van der Waals surface area contributed by atoms with Crippen LogP contribution in [0.5, 0.6) is 11.5 Å². The molecule has 1 aromatic rings.